The zero-order valence-corrected chi connectivity index (χ0v) is 11.0. The fourth-order valence-electron chi connectivity index (χ4n) is 1.64. The molecule has 0 saturated carbocycles. The lowest BCUT2D eigenvalue weighted by Gasteiger charge is -2.30. The predicted molar refractivity (Wildman–Crippen MR) is 66.3 cm³/mol. The lowest BCUT2D eigenvalue weighted by molar-refractivity contribution is -0.123. The number of carbonyl (C=O) groups excluding carboxylic acids is 2. The molecule has 0 aromatic carbocycles. The summed E-state index contributed by atoms with van der Waals surface area (Å²) in [6, 6.07) is 0.207. The Morgan fingerprint density at radius 2 is 2.00 bits per heavy atom. The number of hydrogen-bond donors (Lipinski definition) is 2. The molecule has 17 heavy (non-hydrogen) atoms. The average molecular weight is 266 g/mol. The van der Waals surface area contributed by atoms with Crippen LogP contribution in [0, 0.1) is 0 Å². The summed E-state index contributed by atoms with van der Waals surface area (Å²) in [7, 11) is 3.22. The van der Waals surface area contributed by atoms with Gasteiger partial charge in [-0.15, -0.1) is 12.4 Å². The predicted octanol–water partition coefficient (Wildman–Crippen LogP) is -0.0254. The van der Waals surface area contributed by atoms with Crippen LogP contribution < -0.4 is 10.6 Å². The monoisotopic (exact) mass is 265 g/mol. The lowest BCUT2D eigenvalue weighted by Crippen LogP contribution is -2.44. The number of halogens is 1. The topological polar surface area (TPSA) is 70.7 Å². The van der Waals surface area contributed by atoms with Gasteiger partial charge in [-0.05, 0) is 25.9 Å². The summed E-state index contributed by atoms with van der Waals surface area (Å²) in [6.07, 6.45) is 1.41. The number of nitrogens with one attached hydrogen (secondary N) is 2. The van der Waals surface area contributed by atoms with E-state index in [0.717, 1.165) is 25.9 Å². The molecule has 0 aromatic rings. The number of piperidine rings is 1. The minimum atomic E-state index is -0.435. The van der Waals surface area contributed by atoms with Crippen LogP contribution >= 0.6 is 12.4 Å². The van der Waals surface area contributed by atoms with Crippen molar-refractivity contribution in [2.24, 2.45) is 0 Å². The Labute approximate surface area is 107 Å². The van der Waals surface area contributed by atoms with E-state index in [1.54, 1.807) is 11.9 Å². The van der Waals surface area contributed by atoms with Crippen LogP contribution in [0.25, 0.3) is 0 Å². The van der Waals surface area contributed by atoms with Crippen molar-refractivity contribution in [1.82, 2.24) is 15.5 Å². The van der Waals surface area contributed by atoms with Crippen LogP contribution in [0.1, 0.15) is 12.8 Å². The van der Waals surface area contributed by atoms with Gasteiger partial charge in [0, 0.05) is 20.1 Å². The van der Waals surface area contributed by atoms with Crippen LogP contribution in [0.5, 0.6) is 0 Å². The van der Waals surface area contributed by atoms with E-state index in [-0.39, 0.29) is 31.0 Å². The second-order valence-electron chi connectivity index (χ2n) is 3.82. The number of carbonyl (C=O) groups is 2. The highest BCUT2D eigenvalue weighted by Crippen LogP contribution is 2.10. The molecule has 100 valence electrons. The highest BCUT2D eigenvalue weighted by atomic mass is 35.5. The normalized spacial score (nSPS) is 15.6. The number of ether oxygens (including phenoxy) is 1. The Morgan fingerprint density at radius 3 is 2.53 bits per heavy atom. The zero-order chi connectivity index (χ0) is 12.0. The fraction of sp³-hybridized carbons (Fsp3) is 0.800. The molecule has 1 heterocycles. The van der Waals surface area contributed by atoms with E-state index in [1.807, 2.05) is 0 Å². The van der Waals surface area contributed by atoms with Gasteiger partial charge in [0.2, 0.25) is 0 Å². The van der Waals surface area contributed by atoms with Crippen molar-refractivity contribution in [1.29, 1.82) is 0 Å². The third-order valence-electron chi connectivity index (χ3n) is 2.75. The third kappa shape index (κ3) is 5.23. The Hall–Kier alpha value is -1.01. The van der Waals surface area contributed by atoms with Crippen molar-refractivity contribution in [2.45, 2.75) is 18.9 Å². The molecule has 6 nitrogen and oxygen atoms in total. The van der Waals surface area contributed by atoms with E-state index < -0.39 is 6.09 Å². The molecule has 1 saturated heterocycles. The molecule has 1 aliphatic heterocycles. The zero-order valence-electron chi connectivity index (χ0n) is 10.2. The molecule has 7 heteroatoms. The van der Waals surface area contributed by atoms with Crippen molar-refractivity contribution in [3.8, 4) is 0 Å². The van der Waals surface area contributed by atoms with Gasteiger partial charge in [0.05, 0.1) is 0 Å². The molecule has 0 aromatic heterocycles. The van der Waals surface area contributed by atoms with E-state index in [9.17, 15) is 9.59 Å². The van der Waals surface area contributed by atoms with Crippen LogP contribution in [0.3, 0.4) is 0 Å². The molecule has 1 fully saturated rings. The first-order valence-electron chi connectivity index (χ1n) is 5.46. The second kappa shape index (κ2) is 8.14. The molecule has 0 atom stereocenters. The highest BCUT2D eigenvalue weighted by Gasteiger charge is 2.23. The lowest BCUT2D eigenvalue weighted by atomic mass is 10.1. The maximum Gasteiger partial charge on any atom is 0.410 e. The first-order valence-corrected chi connectivity index (χ1v) is 5.46. The molecule has 0 spiro atoms. The van der Waals surface area contributed by atoms with Crippen LogP contribution in [0.2, 0.25) is 0 Å². The molecule has 2 N–H and O–H groups in total. The summed E-state index contributed by atoms with van der Waals surface area (Å²) < 4.78 is 4.86. The van der Waals surface area contributed by atoms with Gasteiger partial charge in [0.15, 0.2) is 6.61 Å². The molecule has 1 rings (SSSR count). The summed E-state index contributed by atoms with van der Waals surface area (Å²) in [6.45, 7) is 1.61. The van der Waals surface area contributed by atoms with Crippen molar-refractivity contribution >= 4 is 24.4 Å². The van der Waals surface area contributed by atoms with Crippen molar-refractivity contribution in [3.05, 3.63) is 0 Å². The first-order chi connectivity index (χ1) is 7.65. The number of nitrogens with zero attached hydrogens (tertiary/aromatic N) is 1. The van der Waals surface area contributed by atoms with Crippen LogP contribution in [0.15, 0.2) is 0 Å². The van der Waals surface area contributed by atoms with E-state index in [1.165, 1.54) is 7.05 Å². The smallest absolute Gasteiger partial charge is 0.410 e. The van der Waals surface area contributed by atoms with Gasteiger partial charge in [-0.25, -0.2) is 4.79 Å². The molecular weight excluding hydrogens is 246 g/mol. The van der Waals surface area contributed by atoms with Crippen LogP contribution in [0.4, 0.5) is 4.79 Å². The van der Waals surface area contributed by atoms with Gasteiger partial charge >= 0.3 is 6.09 Å². The maximum absolute atomic E-state index is 11.6. The minimum Gasteiger partial charge on any atom is -0.439 e. The molecule has 0 radical (unpaired) electrons. The highest BCUT2D eigenvalue weighted by molar-refractivity contribution is 5.85. The summed E-state index contributed by atoms with van der Waals surface area (Å²) >= 11 is 0. The van der Waals surface area contributed by atoms with Crippen LogP contribution in [-0.4, -0.2) is 56.7 Å². The quantitative estimate of drug-likeness (QED) is 0.752. The summed E-state index contributed by atoms with van der Waals surface area (Å²) in [5.41, 5.74) is 0. The Kier molecular flexibility index (Phi) is 7.65. The summed E-state index contributed by atoms with van der Waals surface area (Å²) in [5, 5.41) is 5.62. The van der Waals surface area contributed by atoms with E-state index in [2.05, 4.69) is 10.6 Å². The Bertz CT molecular complexity index is 257. The van der Waals surface area contributed by atoms with Gasteiger partial charge < -0.3 is 20.3 Å². The molecule has 0 bridgehead atoms. The third-order valence-corrected chi connectivity index (χ3v) is 2.75. The number of hydrogen-bond acceptors (Lipinski definition) is 4. The number of amides is 2. The van der Waals surface area contributed by atoms with Gasteiger partial charge in [0.25, 0.3) is 5.91 Å². The van der Waals surface area contributed by atoms with Gasteiger partial charge in [-0.2, -0.15) is 0 Å². The van der Waals surface area contributed by atoms with E-state index in [0.29, 0.717) is 0 Å². The van der Waals surface area contributed by atoms with Crippen molar-refractivity contribution < 1.29 is 14.3 Å². The van der Waals surface area contributed by atoms with Gasteiger partial charge in [0.1, 0.15) is 0 Å². The summed E-state index contributed by atoms with van der Waals surface area (Å²) in [4.78, 5) is 24.0. The minimum absolute atomic E-state index is 0. The Balaban J connectivity index is 0.00000256. The van der Waals surface area contributed by atoms with E-state index >= 15 is 0 Å². The van der Waals surface area contributed by atoms with Gasteiger partial charge in [-0.3, -0.25) is 4.79 Å². The van der Waals surface area contributed by atoms with Gasteiger partial charge in [-0.1, -0.05) is 0 Å². The van der Waals surface area contributed by atoms with Crippen molar-refractivity contribution in [2.75, 3.05) is 33.8 Å². The molecular formula is C10H20ClN3O3. The standard InChI is InChI=1S/C10H19N3O3.ClH/c1-11-9(14)7-16-10(15)13(2)8-3-5-12-6-4-8;/h8,12H,3-7H2,1-2H3,(H,11,14);1H. The van der Waals surface area contributed by atoms with E-state index in [4.69, 9.17) is 4.74 Å². The molecule has 0 aliphatic carbocycles. The average Bonchev–Trinajstić information content (AvgIpc) is 2.35. The molecule has 1 aliphatic rings. The van der Waals surface area contributed by atoms with Crippen molar-refractivity contribution in [3.63, 3.8) is 0 Å². The Morgan fingerprint density at radius 1 is 1.41 bits per heavy atom. The molecule has 2 amide bonds. The molecule has 0 unspecified atom stereocenters. The SMILES string of the molecule is CNC(=O)COC(=O)N(C)C1CCNCC1.Cl. The largest absolute Gasteiger partial charge is 0.439 e. The van der Waals surface area contributed by atoms with Crippen LogP contribution in [-0.2, 0) is 9.53 Å². The maximum atomic E-state index is 11.6. The second-order valence-corrected chi connectivity index (χ2v) is 3.82. The fourth-order valence-corrected chi connectivity index (χ4v) is 1.64. The number of likely N-dealkylation sites (N-methyl/N-ethyl adjacent to an activating group) is 1. The summed E-state index contributed by atoms with van der Waals surface area (Å²) in [5.74, 6) is -0.299. The first kappa shape index (κ1) is 16.0. The number of rotatable bonds is 3.